The highest BCUT2D eigenvalue weighted by molar-refractivity contribution is 6.07. The van der Waals surface area contributed by atoms with Crippen molar-refractivity contribution in [1.29, 1.82) is 0 Å². The smallest absolute Gasteiger partial charge is 0.318 e. The number of hydrazone groups is 1. The van der Waals surface area contributed by atoms with Crippen molar-refractivity contribution in [1.82, 2.24) is 10.3 Å². The number of carbonyl (C=O) groups excluding carboxylic acids is 2. The molecule has 6 heteroatoms. The zero-order valence-electron chi connectivity index (χ0n) is 13.1. The molecule has 0 aliphatic carbocycles. The minimum atomic E-state index is -1.13. The number of imide groups is 1. The van der Waals surface area contributed by atoms with Crippen molar-refractivity contribution in [3.05, 3.63) is 71.5 Å². The van der Waals surface area contributed by atoms with E-state index in [1.54, 1.807) is 18.2 Å². The molecule has 2 aromatic rings. The van der Waals surface area contributed by atoms with Crippen LogP contribution >= 0.6 is 0 Å². The van der Waals surface area contributed by atoms with Crippen molar-refractivity contribution < 1.29 is 14.0 Å². The second-order valence-corrected chi connectivity index (χ2v) is 5.47. The van der Waals surface area contributed by atoms with Crippen molar-refractivity contribution in [3.8, 4) is 0 Å². The Morgan fingerprint density at radius 3 is 2.58 bits per heavy atom. The van der Waals surface area contributed by atoms with Crippen LogP contribution in [0.1, 0.15) is 24.5 Å². The summed E-state index contributed by atoms with van der Waals surface area (Å²) in [6.45, 7) is 1.82. The molecule has 1 aliphatic heterocycles. The van der Waals surface area contributed by atoms with E-state index >= 15 is 0 Å². The molecule has 3 amide bonds. The summed E-state index contributed by atoms with van der Waals surface area (Å²) in [6.07, 6.45) is 1.69. The maximum Gasteiger partial charge on any atom is 0.346 e. The molecule has 1 N–H and O–H groups in total. The van der Waals surface area contributed by atoms with Gasteiger partial charge >= 0.3 is 6.03 Å². The highest BCUT2D eigenvalue weighted by Gasteiger charge is 2.51. The zero-order chi connectivity index (χ0) is 17.2. The molecule has 1 saturated heterocycles. The average Bonchev–Trinajstić information content (AvgIpc) is 2.85. The van der Waals surface area contributed by atoms with Crippen LogP contribution < -0.4 is 5.32 Å². The second kappa shape index (κ2) is 6.23. The summed E-state index contributed by atoms with van der Waals surface area (Å²) in [7, 11) is 0. The number of hydrogen-bond donors (Lipinski definition) is 1. The third kappa shape index (κ3) is 2.67. The van der Waals surface area contributed by atoms with Crippen LogP contribution in [0.25, 0.3) is 0 Å². The molecule has 0 bridgehead atoms. The molecule has 0 aromatic heterocycles. The van der Waals surface area contributed by atoms with Gasteiger partial charge in [0.2, 0.25) is 0 Å². The van der Waals surface area contributed by atoms with E-state index in [1.807, 2.05) is 25.1 Å². The standard InChI is InChI=1S/C18H16FN3O2/c1-2-18(14-8-4-3-5-9-14)16(23)22(17(24)21-18)20-12-13-7-6-10-15(19)11-13/h3-12H,2H2,1H3,(H,21,24)/b20-12-/t18-/m1/s1. The van der Waals surface area contributed by atoms with Gasteiger partial charge in [0.1, 0.15) is 11.4 Å². The van der Waals surface area contributed by atoms with Gasteiger partial charge in [0, 0.05) is 0 Å². The van der Waals surface area contributed by atoms with Gasteiger partial charge in [-0.05, 0) is 29.7 Å². The fourth-order valence-electron chi connectivity index (χ4n) is 2.74. The molecule has 0 radical (unpaired) electrons. The van der Waals surface area contributed by atoms with Crippen LogP contribution in [0.4, 0.5) is 9.18 Å². The van der Waals surface area contributed by atoms with Crippen LogP contribution in [0.15, 0.2) is 59.7 Å². The second-order valence-electron chi connectivity index (χ2n) is 5.47. The number of hydrogen-bond acceptors (Lipinski definition) is 3. The maximum absolute atomic E-state index is 13.2. The summed E-state index contributed by atoms with van der Waals surface area (Å²) in [5, 5.41) is 7.47. The van der Waals surface area contributed by atoms with Crippen LogP contribution in [0.5, 0.6) is 0 Å². The Balaban J connectivity index is 1.91. The number of carbonyl (C=O) groups is 2. The number of amides is 3. The summed E-state index contributed by atoms with van der Waals surface area (Å²) >= 11 is 0. The molecule has 3 rings (SSSR count). The average molecular weight is 325 g/mol. The van der Waals surface area contributed by atoms with Gasteiger partial charge in [-0.15, -0.1) is 5.01 Å². The highest BCUT2D eigenvalue weighted by atomic mass is 19.1. The fraction of sp³-hybridized carbons (Fsp3) is 0.167. The normalized spacial score (nSPS) is 20.7. The lowest BCUT2D eigenvalue weighted by molar-refractivity contribution is -0.131. The van der Waals surface area contributed by atoms with Crippen molar-refractivity contribution >= 4 is 18.2 Å². The molecule has 5 nitrogen and oxygen atoms in total. The molecule has 122 valence electrons. The van der Waals surface area contributed by atoms with E-state index in [4.69, 9.17) is 0 Å². The van der Waals surface area contributed by atoms with Crippen LogP contribution in [0.2, 0.25) is 0 Å². The van der Waals surface area contributed by atoms with E-state index in [-0.39, 0.29) is 0 Å². The van der Waals surface area contributed by atoms with Crippen molar-refractivity contribution in [2.45, 2.75) is 18.9 Å². The minimum Gasteiger partial charge on any atom is -0.318 e. The zero-order valence-corrected chi connectivity index (χ0v) is 13.1. The monoisotopic (exact) mass is 325 g/mol. The molecule has 1 fully saturated rings. The summed E-state index contributed by atoms with van der Waals surface area (Å²) < 4.78 is 13.2. The van der Waals surface area contributed by atoms with Gasteiger partial charge < -0.3 is 5.32 Å². The lowest BCUT2D eigenvalue weighted by Crippen LogP contribution is -2.43. The van der Waals surface area contributed by atoms with Gasteiger partial charge in [0.15, 0.2) is 0 Å². The van der Waals surface area contributed by atoms with E-state index in [9.17, 15) is 14.0 Å². The van der Waals surface area contributed by atoms with E-state index in [0.717, 1.165) is 5.01 Å². The number of rotatable bonds is 4. The largest absolute Gasteiger partial charge is 0.346 e. The first-order chi connectivity index (χ1) is 11.6. The van der Waals surface area contributed by atoms with Crippen molar-refractivity contribution in [3.63, 3.8) is 0 Å². The van der Waals surface area contributed by atoms with Gasteiger partial charge in [-0.25, -0.2) is 9.18 Å². The lowest BCUT2D eigenvalue weighted by Gasteiger charge is -2.24. The predicted octanol–water partition coefficient (Wildman–Crippen LogP) is 3.02. The van der Waals surface area contributed by atoms with E-state index in [2.05, 4.69) is 10.4 Å². The van der Waals surface area contributed by atoms with Crippen LogP contribution in [-0.2, 0) is 10.3 Å². The molecular weight excluding hydrogens is 309 g/mol. The van der Waals surface area contributed by atoms with E-state index in [0.29, 0.717) is 17.5 Å². The fourth-order valence-corrected chi connectivity index (χ4v) is 2.74. The topological polar surface area (TPSA) is 61.8 Å². The van der Waals surface area contributed by atoms with Crippen LogP contribution in [-0.4, -0.2) is 23.2 Å². The number of halogens is 1. The Kier molecular flexibility index (Phi) is 4.12. The molecule has 24 heavy (non-hydrogen) atoms. The van der Waals surface area contributed by atoms with Gasteiger partial charge in [0.05, 0.1) is 6.21 Å². The summed E-state index contributed by atoms with van der Waals surface area (Å²) in [4.78, 5) is 25.0. The highest BCUT2D eigenvalue weighted by Crippen LogP contribution is 2.32. The van der Waals surface area contributed by atoms with Crippen molar-refractivity contribution in [2.75, 3.05) is 0 Å². The van der Waals surface area contributed by atoms with Crippen molar-refractivity contribution in [2.24, 2.45) is 5.10 Å². The Morgan fingerprint density at radius 2 is 1.92 bits per heavy atom. The van der Waals surface area contributed by atoms with Gasteiger partial charge in [-0.2, -0.15) is 5.10 Å². The Morgan fingerprint density at radius 1 is 1.17 bits per heavy atom. The molecule has 1 heterocycles. The lowest BCUT2D eigenvalue weighted by atomic mass is 9.87. The van der Waals surface area contributed by atoms with E-state index < -0.39 is 23.3 Å². The number of nitrogens with zero attached hydrogens (tertiary/aromatic N) is 2. The third-order valence-corrected chi connectivity index (χ3v) is 4.04. The Bertz CT molecular complexity index is 807. The third-order valence-electron chi connectivity index (χ3n) is 4.04. The summed E-state index contributed by atoms with van der Waals surface area (Å²) in [5.74, 6) is -0.864. The predicted molar refractivity (Wildman–Crippen MR) is 87.8 cm³/mol. The van der Waals surface area contributed by atoms with Gasteiger partial charge in [-0.3, -0.25) is 4.79 Å². The van der Waals surface area contributed by atoms with Gasteiger partial charge in [-0.1, -0.05) is 49.4 Å². The Labute approximate surface area is 138 Å². The first-order valence-electron chi connectivity index (χ1n) is 7.58. The van der Waals surface area contributed by atoms with Gasteiger partial charge in [0.25, 0.3) is 5.91 Å². The molecule has 2 aromatic carbocycles. The SMILES string of the molecule is CC[C@]1(c2ccccc2)NC(=O)N(/N=C\c2cccc(F)c2)C1=O. The molecular formula is C18H16FN3O2. The summed E-state index contributed by atoms with van der Waals surface area (Å²) in [6, 6.07) is 14.2. The minimum absolute atomic E-state index is 0.396. The molecule has 0 unspecified atom stereocenters. The first-order valence-corrected chi connectivity index (χ1v) is 7.58. The first kappa shape index (κ1) is 15.9. The number of urea groups is 1. The Hall–Kier alpha value is -3.02. The van der Waals surface area contributed by atoms with Crippen LogP contribution in [0, 0.1) is 5.82 Å². The molecule has 1 aliphatic rings. The quantitative estimate of drug-likeness (QED) is 0.694. The molecule has 0 spiro atoms. The number of benzene rings is 2. The molecule has 1 atom stereocenters. The molecule has 0 saturated carbocycles. The summed E-state index contributed by atoms with van der Waals surface area (Å²) in [5.41, 5.74) is 0.0380. The van der Waals surface area contributed by atoms with E-state index in [1.165, 1.54) is 24.4 Å². The number of nitrogens with one attached hydrogen (secondary N) is 1. The van der Waals surface area contributed by atoms with Crippen LogP contribution in [0.3, 0.4) is 0 Å². The maximum atomic E-state index is 13.2.